The highest BCUT2D eigenvalue weighted by molar-refractivity contribution is 5.82. The minimum absolute atomic E-state index is 0.704. The molecule has 3 aromatic carbocycles. The molecule has 0 bridgehead atoms. The first-order valence-corrected chi connectivity index (χ1v) is 10.8. The number of aryl methyl sites for hydroxylation is 1. The van der Waals surface area contributed by atoms with Gasteiger partial charge in [0.05, 0.1) is 19.8 Å². The lowest BCUT2D eigenvalue weighted by Crippen LogP contribution is -2.35. The second-order valence-electron chi connectivity index (χ2n) is 7.86. The molecule has 3 nitrogen and oxygen atoms in total. The van der Waals surface area contributed by atoms with Gasteiger partial charge in [-0.1, -0.05) is 67.9 Å². The predicted octanol–water partition coefficient (Wildman–Crippen LogP) is 5.25. The molecule has 1 saturated heterocycles. The third-order valence-electron chi connectivity index (χ3n) is 5.62. The minimum Gasteiger partial charge on any atom is -0.493 e. The maximum Gasteiger partial charge on any atom is 0.122 e. The van der Waals surface area contributed by atoms with Crippen molar-refractivity contribution < 1.29 is 9.47 Å². The molecule has 0 amide bonds. The number of morpholine rings is 1. The highest BCUT2D eigenvalue weighted by Gasteiger charge is 2.12. The van der Waals surface area contributed by atoms with Crippen LogP contribution in [0.15, 0.2) is 60.7 Å². The molecule has 0 aliphatic carbocycles. The molecule has 1 heterocycles. The lowest BCUT2D eigenvalue weighted by Gasteiger charge is -2.27. The van der Waals surface area contributed by atoms with E-state index in [2.05, 4.69) is 72.5 Å². The Morgan fingerprint density at radius 2 is 1.66 bits per heavy atom. The van der Waals surface area contributed by atoms with E-state index in [4.69, 9.17) is 9.47 Å². The molecule has 1 aliphatic heterocycles. The van der Waals surface area contributed by atoms with Crippen molar-refractivity contribution in [3.63, 3.8) is 0 Å². The van der Waals surface area contributed by atoms with Gasteiger partial charge in [0, 0.05) is 26.1 Å². The minimum atomic E-state index is 0.704. The van der Waals surface area contributed by atoms with Gasteiger partial charge in [-0.3, -0.25) is 4.90 Å². The molecule has 0 aromatic heterocycles. The van der Waals surface area contributed by atoms with Gasteiger partial charge in [0.2, 0.25) is 0 Å². The molecule has 0 N–H and O–H groups in total. The van der Waals surface area contributed by atoms with Gasteiger partial charge in [-0.2, -0.15) is 0 Å². The molecular weight excluding hydrogens is 358 g/mol. The molecule has 3 aromatic rings. The molecule has 0 unspecified atom stereocenters. The van der Waals surface area contributed by atoms with Crippen LogP contribution in [-0.4, -0.2) is 37.8 Å². The maximum absolute atomic E-state index is 6.29. The van der Waals surface area contributed by atoms with Crippen LogP contribution in [0.5, 0.6) is 5.75 Å². The van der Waals surface area contributed by atoms with Crippen molar-refractivity contribution in [1.29, 1.82) is 0 Å². The van der Waals surface area contributed by atoms with Crippen LogP contribution in [0, 0.1) is 0 Å². The molecular formula is C26H31NO2. The van der Waals surface area contributed by atoms with Crippen molar-refractivity contribution in [2.24, 2.45) is 0 Å². The molecule has 152 valence electrons. The van der Waals surface area contributed by atoms with Crippen LogP contribution in [0.4, 0.5) is 0 Å². The van der Waals surface area contributed by atoms with Crippen LogP contribution in [0.2, 0.25) is 0 Å². The van der Waals surface area contributed by atoms with Crippen LogP contribution in [0.3, 0.4) is 0 Å². The highest BCUT2D eigenvalue weighted by Crippen LogP contribution is 2.24. The topological polar surface area (TPSA) is 21.7 Å². The summed E-state index contributed by atoms with van der Waals surface area (Å²) in [6, 6.07) is 22.0. The first kappa shape index (κ1) is 19.9. The Morgan fingerprint density at radius 3 is 2.48 bits per heavy atom. The largest absolute Gasteiger partial charge is 0.493 e. The van der Waals surface area contributed by atoms with E-state index in [1.807, 2.05) is 0 Å². The zero-order chi connectivity index (χ0) is 19.9. The van der Waals surface area contributed by atoms with Crippen molar-refractivity contribution in [3.8, 4) is 5.75 Å². The summed E-state index contributed by atoms with van der Waals surface area (Å²) in [6.07, 6.45) is 3.11. The molecule has 0 spiro atoms. The number of rotatable bonds is 8. The van der Waals surface area contributed by atoms with Crippen molar-refractivity contribution in [2.45, 2.75) is 32.7 Å². The van der Waals surface area contributed by atoms with Crippen molar-refractivity contribution in [1.82, 2.24) is 4.90 Å². The Hall–Kier alpha value is -2.36. The molecule has 4 rings (SSSR count). The van der Waals surface area contributed by atoms with Crippen LogP contribution in [0.1, 0.15) is 30.0 Å². The van der Waals surface area contributed by atoms with E-state index in [0.717, 1.165) is 57.9 Å². The molecule has 1 fully saturated rings. The number of hydrogen-bond acceptors (Lipinski definition) is 3. The van der Waals surface area contributed by atoms with E-state index in [0.29, 0.717) is 6.61 Å². The molecule has 1 aliphatic rings. The maximum atomic E-state index is 6.29. The zero-order valence-corrected chi connectivity index (χ0v) is 17.4. The third kappa shape index (κ3) is 5.37. The van der Waals surface area contributed by atoms with Crippen LogP contribution in [-0.2, 0) is 24.1 Å². The van der Waals surface area contributed by atoms with Crippen molar-refractivity contribution in [3.05, 3.63) is 77.4 Å². The number of hydrogen-bond donors (Lipinski definition) is 0. The second kappa shape index (κ2) is 9.91. The number of nitrogens with zero attached hydrogens (tertiary/aromatic N) is 1. The molecule has 29 heavy (non-hydrogen) atoms. The molecule has 0 atom stereocenters. The van der Waals surface area contributed by atoms with E-state index >= 15 is 0 Å². The van der Waals surface area contributed by atoms with E-state index in [1.165, 1.54) is 27.5 Å². The fraction of sp³-hybridized carbons (Fsp3) is 0.385. The van der Waals surface area contributed by atoms with E-state index in [1.54, 1.807) is 0 Å². The van der Waals surface area contributed by atoms with Gasteiger partial charge >= 0.3 is 0 Å². The SMILES string of the molecule is CCCc1ccc(CN2CCOCC2)cc1OCCc1ccc2ccccc2c1. The summed E-state index contributed by atoms with van der Waals surface area (Å²) in [6.45, 7) is 7.59. The summed E-state index contributed by atoms with van der Waals surface area (Å²) in [5.74, 6) is 1.05. The second-order valence-corrected chi connectivity index (χ2v) is 7.86. The van der Waals surface area contributed by atoms with Gasteiger partial charge in [0.15, 0.2) is 0 Å². The Balaban J connectivity index is 1.41. The smallest absolute Gasteiger partial charge is 0.122 e. The normalized spacial score (nSPS) is 14.9. The average molecular weight is 390 g/mol. The quantitative estimate of drug-likeness (QED) is 0.525. The predicted molar refractivity (Wildman–Crippen MR) is 120 cm³/mol. The Morgan fingerprint density at radius 1 is 0.862 bits per heavy atom. The molecule has 0 radical (unpaired) electrons. The zero-order valence-electron chi connectivity index (χ0n) is 17.4. The molecule has 3 heteroatoms. The summed E-state index contributed by atoms with van der Waals surface area (Å²) in [7, 11) is 0. The van der Waals surface area contributed by atoms with Crippen molar-refractivity contribution in [2.75, 3.05) is 32.9 Å². The summed E-state index contributed by atoms with van der Waals surface area (Å²) in [5, 5.41) is 2.59. The number of fused-ring (bicyclic) bond motifs is 1. The Kier molecular flexibility index (Phi) is 6.81. The Labute approximate surface area is 174 Å². The fourth-order valence-corrected chi connectivity index (χ4v) is 4.00. The van der Waals surface area contributed by atoms with Gasteiger partial charge in [0.25, 0.3) is 0 Å². The van der Waals surface area contributed by atoms with Crippen molar-refractivity contribution >= 4 is 10.8 Å². The standard InChI is InChI=1S/C26H31NO2/c1-2-5-24-11-9-22(20-27-13-16-28-17-14-27)19-26(24)29-15-12-21-8-10-23-6-3-4-7-25(23)18-21/h3-4,6-11,18-19H,2,5,12-17,20H2,1H3. The summed E-state index contributed by atoms with van der Waals surface area (Å²) in [4.78, 5) is 2.46. The third-order valence-corrected chi connectivity index (χ3v) is 5.62. The summed E-state index contributed by atoms with van der Waals surface area (Å²) in [5.41, 5.74) is 3.97. The highest BCUT2D eigenvalue weighted by atomic mass is 16.5. The van der Waals surface area contributed by atoms with E-state index < -0.39 is 0 Å². The number of benzene rings is 3. The monoisotopic (exact) mass is 389 g/mol. The van der Waals surface area contributed by atoms with Crippen LogP contribution >= 0.6 is 0 Å². The molecule has 0 saturated carbocycles. The van der Waals surface area contributed by atoms with Crippen LogP contribution in [0.25, 0.3) is 10.8 Å². The first-order valence-electron chi connectivity index (χ1n) is 10.8. The van der Waals surface area contributed by atoms with Gasteiger partial charge in [-0.05, 0) is 39.9 Å². The lowest BCUT2D eigenvalue weighted by atomic mass is 10.0. The van der Waals surface area contributed by atoms with E-state index in [9.17, 15) is 0 Å². The van der Waals surface area contributed by atoms with E-state index in [-0.39, 0.29) is 0 Å². The first-order chi connectivity index (χ1) is 14.3. The average Bonchev–Trinajstić information content (AvgIpc) is 2.76. The lowest BCUT2D eigenvalue weighted by molar-refractivity contribution is 0.0341. The van der Waals surface area contributed by atoms with Gasteiger partial charge < -0.3 is 9.47 Å². The van der Waals surface area contributed by atoms with Gasteiger partial charge in [-0.25, -0.2) is 0 Å². The summed E-state index contributed by atoms with van der Waals surface area (Å²) < 4.78 is 11.8. The summed E-state index contributed by atoms with van der Waals surface area (Å²) >= 11 is 0. The number of ether oxygens (including phenoxy) is 2. The van der Waals surface area contributed by atoms with Gasteiger partial charge in [0.1, 0.15) is 5.75 Å². The van der Waals surface area contributed by atoms with Gasteiger partial charge in [-0.15, -0.1) is 0 Å². The Bertz CT molecular complexity index is 931. The fourth-order valence-electron chi connectivity index (χ4n) is 4.00. The van der Waals surface area contributed by atoms with Crippen LogP contribution < -0.4 is 4.74 Å².